The van der Waals surface area contributed by atoms with Gasteiger partial charge in [0.25, 0.3) is 5.91 Å². The summed E-state index contributed by atoms with van der Waals surface area (Å²) in [6.07, 6.45) is 0. The van der Waals surface area contributed by atoms with Gasteiger partial charge in [-0.15, -0.1) is 0 Å². The van der Waals surface area contributed by atoms with E-state index in [2.05, 4.69) is 34.5 Å². The lowest BCUT2D eigenvalue weighted by molar-refractivity contribution is -0.892. The summed E-state index contributed by atoms with van der Waals surface area (Å²) in [6.45, 7) is 6.37. The molecule has 0 radical (unpaired) electrons. The molecule has 2 N–H and O–H groups in total. The summed E-state index contributed by atoms with van der Waals surface area (Å²) >= 11 is 0. The Labute approximate surface area is 149 Å². The van der Waals surface area contributed by atoms with Gasteiger partial charge in [0.05, 0.1) is 39.0 Å². The van der Waals surface area contributed by atoms with Crippen molar-refractivity contribution in [3.8, 4) is 5.75 Å². The normalized spacial score (nSPS) is 15.0. The van der Waals surface area contributed by atoms with Crippen LogP contribution in [0.5, 0.6) is 5.75 Å². The summed E-state index contributed by atoms with van der Waals surface area (Å²) in [6, 6.07) is 16.3. The zero-order valence-corrected chi connectivity index (χ0v) is 14.9. The fourth-order valence-corrected chi connectivity index (χ4v) is 3.24. The molecule has 1 aliphatic rings. The standard InChI is InChI=1S/C20H25N3O2/c1-16-8-9-19(25-2)18(14-16)21-20(24)15-22-10-12-23(13-11-22)17-6-4-3-5-7-17/h3-9,14H,10-13,15H2,1-2H3,(H,21,24)/p+1. The number of anilines is 2. The van der Waals surface area contributed by atoms with Crippen LogP contribution in [0.25, 0.3) is 0 Å². The number of aryl methyl sites for hydroxylation is 1. The minimum absolute atomic E-state index is 0.0343. The molecule has 1 heterocycles. The Hall–Kier alpha value is -2.53. The van der Waals surface area contributed by atoms with E-state index in [-0.39, 0.29) is 5.91 Å². The summed E-state index contributed by atoms with van der Waals surface area (Å²) in [5.74, 6) is 0.731. The first kappa shape index (κ1) is 17.3. The quantitative estimate of drug-likeness (QED) is 0.864. The Morgan fingerprint density at radius 1 is 1.16 bits per heavy atom. The predicted molar refractivity (Wildman–Crippen MR) is 101 cm³/mol. The Kier molecular flexibility index (Phi) is 5.56. The summed E-state index contributed by atoms with van der Waals surface area (Å²) in [4.78, 5) is 16.1. The third-order valence-corrected chi connectivity index (χ3v) is 4.63. The molecule has 5 heteroatoms. The maximum absolute atomic E-state index is 12.4. The van der Waals surface area contributed by atoms with Gasteiger partial charge < -0.3 is 19.9 Å². The maximum atomic E-state index is 12.4. The molecule has 2 aromatic carbocycles. The monoisotopic (exact) mass is 340 g/mol. The number of hydrogen-bond donors (Lipinski definition) is 2. The van der Waals surface area contributed by atoms with Crippen molar-refractivity contribution in [2.45, 2.75) is 6.92 Å². The third kappa shape index (κ3) is 4.51. The smallest absolute Gasteiger partial charge is 0.279 e. The van der Waals surface area contributed by atoms with Crippen LogP contribution in [-0.2, 0) is 4.79 Å². The van der Waals surface area contributed by atoms with Gasteiger partial charge >= 0.3 is 0 Å². The fraction of sp³-hybridized carbons (Fsp3) is 0.350. The van der Waals surface area contributed by atoms with Gasteiger partial charge in [-0.2, -0.15) is 0 Å². The van der Waals surface area contributed by atoms with E-state index in [0.29, 0.717) is 12.3 Å². The van der Waals surface area contributed by atoms with Gasteiger partial charge in [0.15, 0.2) is 6.54 Å². The molecule has 132 valence electrons. The largest absolute Gasteiger partial charge is 0.495 e. The molecule has 0 aromatic heterocycles. The average molecular weight is 340 g/mol. The molecular formula is C20H26N3O2+. The Balaban J connectivity index is 1.52. The van der Waals surface area contributed by atoms with Gasteiger partial charge in [0.2, 0.25) is 0 Å². The highest BCUT2D eigenvalue weighted by Gasteiger charge is 2.22. The fourth-order valence-electron chi connectivity index (χ4n) is 3.24. The summed E-state index contributed by atoms with van der Waals surface area (Å²) in [5, 5.41) is 2.99. The van der Waals surface area contributed by atoms with Crippen LogP contribution in [0.15, 0.2) is 48.5 Å². The number of nitrogens with one attached hydrogen (secondary N) is 2. The number of carbonyl (C=O) groups is 1. The number of para-hydroxylation sites is 1. The van der Waals surface area contributed by atoms with Crippen molar-refractivity contribution in [2.75, 3.05) is 50.1 Å². The zero-order chi connectivity index (χ0) is 17.6. The predicted octanol–water partition coefficient (Wildman–Crippen LogP) is 1.35. The molecule has 5 nitrogen and oxygen atoms in total. The molecule has 1 fully saturated rings. The summed E-state index contributed by atoms with van der Waals surface area (Å²) < 4.78 is 5.33. The summed E-state index contributed by atoms with van der Waals surface area (Å²) in [7, 11) is 1.62. The molecule has 0 bridgehead atoms. The highest BCUT2D eigenvalue weighted by atomic mass is 16.5. The van der Waals surface area contributed by atoms with Gasteiger partial charge in [-0.3, -0.25) is 4.79 Å². The molecule has 2 aromatic rings. The first-order valence-electron chi connectivity index (χ1n) is 8.74. The van der Waals surface area contributed by atoms with Crippen LogP contribution in [0.1, 0.15) is 5.56 Å². The van der Waals surface area contributed by atoms with E-state index in [1.807, 2.05) is 31.2 Å². The van der Waals surface area contributed by atoms with Crippen LogP contribution in [0, 0.1) is 6.92 Å². The molecule has 0 spiro atoms. The second-order valence-electron chi connectivity index (χ2n) is 6.50. The van der Waals surface area contributed by atoms with Crippen molar-refractivity contribution in [1.29, 1.82) is 0 Å². The molecule has 1 aliphatic heterocycles. The number of methoxy groups -OCH3 is 1. The van der Waals surface area contributed by atoms with Crippen LogP contribution in [0.4, 0.5) is 11.4 Å². The number of ether oxygens (including phenoxy) is 1. The minimum Gasteiger partial charge on any atom is -0.495 e. The van der Waals surface area contributed by atoms with Gasteiger partial charge in [-0.05, 0) is 36.8 Å². The van der Waals surface area contributed by atoms with E-state index < -0.39 is 0 Å². The minimum atomic E-state index is 0.0343. The van der Waals surface area contributed by atoms with Gasteiger partial charge in [0, 0.05) is 5.69 Å². The topological polar surface area (TPSA) is 46.0 Å². The number of piperazine rings is 1. The van der Waals surface area contributed by atoms with Crippen molar-refractivity contribution >= 4 is 17.3 Å². The first-order valence-corrected chi connectivity index (χ1v) is 8.74. The SMILES string of the molecule is COc1ccc(C)cc1NC(=O)C[NH+]1CCN(c2ccccc2)CC1. The Morgan fingerprint density at radius 2 is 1.88 bits per heavy atom. The van der Waals surface area contributed by atoms with Crippen molar-refractivity contribution in [3.63, 3.8) is 0 Å². The Bertz CT molecular complexity index is 710. The van der Waals surface area contributed by atoms with Crippen LogP contribution in [0.2, 0.25) is 0 Å². The van der Waals surface area contributed by atoms with Crippen LogP contribution in [-0.4, -0.2) is 45.7 Å². The first-order chi connectivity index (χ1) is 12.2. The number of rotatable bonds is 5. The van der Waals surface area contributed by atoms with Gasteiger partial charge in [0.1, 0.15) is 5.75 Å². The molecule has 0 saturated carbocycles. The van der Waals surface area contributed by atoms with Crippen LogP contribution in [0.3, 0.4) is 0 Å². The van der Waals surface area contributed by atoms with Gasteiger partial charge in [-0.25, -0.2) is 0 Å². The van der Waals surface area contributed by atoms with Gasteiger partial charge in [-0.1, -0.05) is 24.3 Å². The number of hydrogen-bond acceptors (Lipinski definition) is 3. The number of carbonyl (C=O) groups excluding carboxylic acids is 1. The Morgan fingerprint density at radius 3 is 2.56 bits per heavy atom. The van der Waals surface area contributed by atoms with Crippen molar-refractivity contribution in [3.05, 3.63) is 54.1 Å². The molecule has 1 saturated heterocycles. The van der Waals surface area contributed by atoms with E-state index in [1.54, 1.807) is 7.11 Å². The van der Waals surface area contributed by atoms with Crippen molar-refractivity contribution in [1.82, 2.24) is 0 Å². The van der Waals surface area contributed by atoms with Crippen LogP contribution < -0.4 is 19.9 Å². The lowest BCUT2D eigenvalue weighted by Crippen LogP contribution is -3.15. The number of benzene rings is 2. The number of nitrogens with zero attached hydrogens (tertiary/aromatic N) is 1. The molecule has 0 aliphatic carbocycles. The molecule has 1 amide bonds. The van der Waals surface area contributed by atoms with E-state index in [9.17, 15) is 4.79 Å². The maximum Gasteiger partial charge on any atom is 0.279 e. The lowest BCUT2D eigenvalue weighted by Gasteiger charge is -2.33. The number of quaternary nitrogens is 1. The molecule has 25 heavy (non-hydrogen) atoms. The third-order valence-electron chi connectivity index (χ3n) is 4.63. The second-order valence-corrected chi connectivity index (χ2v) is 6.50. The van der Waals surface area contributed by atoms with Crippen molar-refractivity contribution in [2.24, 2.45) is 0 Å². The molecule has 0 unspecified atom stereocenters. The van der Waals surface area contributed by atoms with E-state index >= 15 is 0 Å². The van der Waals surface area contributed by atoms with E-state index in [1.165, 1.54) is 10.6 Å². The zero-order valence-electron chi connectivity index (χ0n) is 14.9. The molecular weight excluding hydrogens is 314 g/mol. The molecule has 3 rings (SSSR count). The second kappa shape index (κ2) is 8.03. The van der Waals surface area contributed by atoms with E-state index in [0.717, 1.165) is 37.4 Å². The average Bonchev–Trinajstić information content (AvgIpc) is 2.63. The van der Waals surface area contributed by atoms with E-state index in [4.69, 9.17) is 4.74 Å². The highest BCUT2D eigenvalue weighted by Crippen LogP contribution is 2.24. The van der Waals surface area contributed by atoms with Crippen molar-refractivity contribution < 1.29 is 14.4 Å². The summed E-state index contributed by atoms with van der Waals surface area (Å²) in [5.41, 5.74) is 3.10. The number of amides is 1. The molecule has 0 atom stereocenters. The lowest BCUT2D eigenvalue weighted by atomic mass is 10.2. The van der Waals surface area contributed by atoms with Crippen LogP contribution >= 0.6 is 0 Å². The highest BCUT2D eigenvalue weighted by molar-refractivity contribution is 5.93.